The predicted molar refractivity (Wildman–Crippen MR) is 134 cm³/mol. The number of hydrogen-bond donors (Lipinski definition) is 1. The van der Waals surface area contributed by atoms with Crippen LogP contribution in [-0.4, -0.2) is 53.9 Å². The Morgan fingerprint density at radius 1 is 1.09 bits per heavy atom. The summed E-state index contributed by atoms with van der Waals surface area (Å²) in [5, 5.41) is 10.8. The maximum Gasteiger partial charge on any atom is 0.331 e. The topological polar surface area (TPSA) is 91.3 Å². The summed E-state index contributed by atoms with van der Waals surface area (Å²) in [7, 11) is 0. The molecule has 7 nitrogen and oxygen atoms in total. The Morgan fingerprint density at radius 3 is 2.37 bits per heavy atom. The highest BCUT2D eigenvalue weighted by Crippen LogP contribution is 2.33. The molecule has 198 valence electrons. The van der Waals surface area contributed by atoms with Crippen LogP contribution in [0.15, 0.2) is 34.9 Å². The van der Waals surface area contributed by atoms with Crippen LogP contribution in [0.1, 0.15) is 81.1 Å². The van der Waals surface area contributed by atoms with Gasteiger partial charge in [-0.1, -0.05) is 42.7 Å². The normalized spacial score (nSPS) is 35.2. The molecule has 0 spiro atoms. The van der Waals surface area contributed by atoms with Crippen LogP contribution in [0.3, 0.4) is 0 Å². The lowest BCUT2D eigenvalue weighted by Gasteiger charge is -2.44. The summed E-state index contributed by atoms with van der Waals surface area (Å²) < 4.78 is 23.7. The molecule has 1 N–H and O–H groups in total. The molecule has 0 saturated carbocycles. The number of ether oxygens (including phenoxy) is 4. The summed E-state index contributed by atoms with van der Waals surface area (Å²) in [6.07, 6.45) is 4.24. The van der Waals surface area contributed by atoms with Crippen LogP contribution in [0, 0.1) is 11.8 Å². The molecule has 7 heteroatoms. The van der Waals surface area contributed by atoms with Crippen molar-refractivity contribution in [2.24, 2.45) is 11.8 Å². The van der Waals surface area contributed by atoms with Gasteiger partial charge in [0, 0.05) is 13.0 Å². The molecule has 0 radical (unpaired) electrons. The Bertz CT molecular complexity index is 821. The quantitative estimate of drug-likeness (QED) is 0.316. The first kappa shape index (κ1) is 29.3. The van der Waals surface area contributed by atoms with Crippen molar-refractivity contribution in [3.8, 4) is 0 Å². The monoisotopic (exact) mass is 492 g/mol. The zero-order valence-corrected chi connectivity index (χ0v) is 22.6. The number of aliphatic hydroxyl groups is 1. The molecule has 1 aliphatic heterocycles. The van der Waals surface area contributed by atoms with Crippen LogP contribution in [0.5, 0.6) is 0 Å². The van der Waals surface area contributed by atoms with Crippen LogP contribution >= 0.6 is 0 Å². The van der Waals surface area contributed by atoms with E-state index in [2.05, 4.69) is 39.8 Å². The van der Waals surface area contributed by atoms with E-state index in [4.69, 9.17) is 18.9 Å². The smallest absolute Gasteiger partial charge is 0.331 e. The van der Waals surface area contributed by atoms with Crippen LogP contribution in [0.4, 0.5) is 0 Å². The second-order valence-corrected chi connectivity index (χ2v) is 10.5. The van der Waals surface area contributed by atoms with Crippen molar-refractivity contribution < 1.29 is 33.6 Å². The van der Waals surface area contributed by atoms with Crippen LogP contribution < -0.4 is 0 Å². The van der Waals surface area contributed by atoms with Crippen molar-refractivity contribution in [2.45, 2.75) is 118 Å². The summed E-state index contributed by atoms with van der Waals surface area (Å²) in [6.45, 7) is 15.1. The Hall–Kier alpha value is -1.96. The lowest BCUT2D eigenvalue weighted by Crippen LogP contribution is -2.60. The molecule has 2 rings (SSSR count). The molecule has 0 unspecified atom stereocenters. The first-order chi connectivity index (χ1) is 16.4. The molecule has 35 heavy (non-hydrogen) atoms. The third-order valence-electron chi connectivity index (χ3n) is 6.64. The van der Waals surface area contributed by atoms with Gasteiger partial charge < -0.3 is 24.1 Å². The van der Waals surface area contributed by atoms with E-state index in [9.17, 15) is 14.7 Å². The average Bonchev–Trinajstić information content (AvgIpc) is 2.72. The molecule has 2 aliphatic rings. The molecule has 7 atom stereocenters. The van der Waals surface area contributed by atoms with E-state index in [1.807, 2.05) is 0 Å². The Labute approximate surface area is 210 Å². The first-order valence-corrected chi connectivity index (χ1v) is 12.7. The fraction of sp³-hybridized carbons (Fsp3) is 0.714. The van der Waals surface area contributed by atoms with Crippen LogP contribution in [-0.2, 0) is 28.5 Å². The molecular weight excluding hydrogens is 448 g/mol. The van der Waals surface area contributed by atoms with E-state index in [0.29, 0.717) is 5.92 Å². The molecule has 1 saturated heterocycles. The van der Waals surface area contributed by atoms with Gasteiger partial charge in [0.25, 0.3) is 0 Å². The fourth-order valence-corrected chi connectivity index (χ4v) is 4.65. The maximum atomic E-state index is 12.4. The van der Waals surface area contributed by atoms with Gasteiger partial charge in [0.2, 0.25) is 0 Å². The lowest BCUT2D eigenvalue weighted by atomic mass is 9.83. The van der Waals surface area contributed by atoms with Crippen molar-refractivity contribution in [2.75, 3.05) is 0 Å². The van der Waals surface area contributed by atoms with Crippen molar-refractivity contribution in [3.63, 3.8) is 0 Å². The van der Waals surface area contributed by atoms with Gasteiger partial charge in [0.1, 0.15) is 6.10 Å². The molecule has 1 aliphatic carbocycles. The second kappa shape index (κ2) is 13.4. The summed E-state index contributed by atoms with van der Waals surface area (Å²) in [6, 6.07) is 0. The third-order valence-corrected chi connectivity index (χ3v) is 6.64. The highest BCUT2D eigenvalue weighted by molar-refractivity contribution is 5.82. The van der Waals surface area contributed by atoms with E-state index in [1.54, 1.807) is 20.8 Å². The van der Waals surface area contributed by atoms with E-state index in [-0.39, 0.29) is 12.0 Å². The Kier molecular flexibility index (Phi) is 11.2. The summed E-state index contributed by atoms with van der Waals surface area (Å²) in [4.78, 5) is 24.4. The molecular formula is C28H44O7. The Morgan fingerprint density at radius 2 is 1.77 bits per heavy atom. The number of aliphatic hydroxyl groups excluding tert-OH is 1. The minimum absolute atomic E-state index is 0.196. The minimum atomic E-state index is -1.18. The van der Waals surface area contributed by atoms with Crippen LogP contribution in [0.2, 0.25) is 0 Å². The van der Waals surface area contributed by atoms with Gasteiger partial charge in [-0.05, 0) is 72.1 Å². The number of esters is 2. The van der Waals surface area contributed by atoms with Crippen LogP contribution in [0.25, 0.3) is 0 Å². The SMILES string of the molecule is CC(=O)O[C@H]1[C@H](O[C@H]2/C=C(\C)CC/C=C(\C)CC[C@H]2C(C)C)O[C@H](C)[C@H](O)[C@@H]1OC(=O)C=C(C)C. The molecule has 0 aromatic rings. The Balaban J connectivity index is 2.40. The molecule has 0 aromatic heterocycles. The molecule has 0 aromatic carbocycles. The standard InChI is InChI=1S/C28H44O7/c1-16(2)14-24(30)35-26-25(31)20(7)32-28(27(26)33-21(8)29)34-23-15-19(6)11-9-10-18(5)12-13-22(23)17(3)4/h10,14-15,17,20,22-23,25-28,31H,9,11-13H2,1-8H3/b18-10+,19-15+/t20-,22+,23+,25+,26+,27-,28+/m1/s1. The number of carbonyl (C=O) groups excluding carboxylic acids is 2. The van der Waals surface area contributed by atoms with E-state index < -0.39 is 42.6 Å². The van der Waals surface area contributed by atoms with Gasteiger partial charge in [-0.2, -0.15) is 0 Å². The van der Waals surface area contributed by atoms with Gasteiger partial charge in [0.15, 0.2) is 18.5 Å². The van der Waals surface area contributed by atoms with Gasteiger partial charge >= 0.3 is 11.9 Å². The largest absolute Gasteiger partial charge is 0.453 e. The van der Waals surface area contributed by atoms with Gasteiger partial charge in [0.05, 0.1) is 12.2 Å². The highest BCUT2D eigenvalue weighted by Gasteiger charge is 2.49. The summed E-state index contributed by atoms with van der Waals surface area (Å²) in [5.74, 6) is -0.657. The van der Waals surface area contributed by atoms with Crippen molar-refractivity contribution in [3.05, 3.63) is 34.9 Å². The van der Waals surface area contributed by atoms with Crippen molar-refractivity contribution >= 4 is 11.9 Å². The second-order valence-electron chi connectivity index (χ2n) is 10.5. The molecule has 1 heterocycles. The number of hydrogen-bond acceptors (Lipinski definition) is 7. The number of carbonyl (C=O) groups is 2. The minimum Gasteiger partial charge on any atom is -0.453 e. The van der Waals surface area contributed by atoms with Gasteiger partial charge in [-0.3, -0.25) is 4.79 Å². The first-order valence-electron chi connectivity index (χ1n) is 12.7. The van der Waals surface area contributed by atoms with E-state index in [0.717, 1.165) is 31.3 Å². The molecule has 1 fully saturated rings. The van der Waals surface area contributed by atoms with E-state index >= 15 is 0 Å². The average molecular weight is 493 g/mol. The van der Waals surface area contributed by atoms with Crippen molar-refractivity contribution in [1.29, 1.82) is 0 Å². The number of rotatable bonds is 6. The lowest BCUT2D eigenvalue weighted by molar-refractivity contribution is -0.308. The number of allylic oxidation sites excluding steroid dienone is 4. The molecule has 0 bridgehead atoms. The fourth-order valence-electron chi connectivity index (χ4n) is 4.65. The summed E-state index contributed by atoms with van der Waals surface area (Å²) >= 11 is 0. The highest BCUT2D eigenvalue weighted by atomic mass is 16.7. The van der Waals surface area contributed by atoms with Gasteiger partial charge in [-0.25, -0.2) is 4.79 Å². The van der Waals surface area contributed by atoms with E-state index in [1.165, 1.54) is 24.1 Å². The van der Waals surface area contributed by atoms with Crippen molar-refractivity contribution in [1.82, 2.24) is 0 Å². The zero-order chi connectivity index (χ0) is 26.3. The predicted octanol–water partition coefficient (Wildman–Crippen LogP) is 5.03. The zero-order valence-electron chi connectivity index (χ0n) is 22.6. The molecule has 0 amide bonds. The summed E-state index contributed by atoms with van der Waals surface area (Å²) in [5.41, 5.74) is 3.34. The van der Waals surface area contributed by atoms with Gasteiger partial charge in [-0.15, -0.1) is 0 Å². The maximum absolute atomic E-state index is 12.4. The third kappa shape index (κ3) is 8.89.